The van der Waals surface area contributed by atoms with E-state index in [4.69, 9.17) is 0 Å². The third-order valence-electron chi connectivity index (χ3n) is 4.18. The molecule has 1 atom stereocenters. The lowest BCUT2D eigenvalue weighted by Gasteiger charge is -2.38. The Balaban J connectivity index is 2.22. The van der Waals surface area contributed by atoms with Crippen molar-refractivity contribution in [2.24, 2.45) is 0 Å². The highest BCUT2D eigenvalue weighted by atomic mass is 19.4. The molecule has 1 saturated heterocycles. The molecule has 124 valence electrons. The fourth-order valence-corrected chi connectivity index (χ4v) is 2.85. The molecule has 0 radical (unpaired) electrons. The van der Waals surface area contributed by atoms with Gasteiger partial charge in [0.25, 0.3) is 0 Å². The predicted octanol–water partition coefficient (Wildman–Crippen LogP) is 2.97. The molecule has 2 heterocycles. The van der Waals surface area contributed by atoms with Crippen molar-refractivity contribution >= 4 is 11.5 Å². The van der Waals surface area contributed by atoms with E-state index in [1.807, 2.05) is 19.9 Å². The Labute approximate surface area is 129 Å². The van der Waals surface area contributed by atoms with E-state index < -0.39 is 11.7 Å². The van der Waals surface area contributed by atoms with Crippen LogP contribution in [0.1, 0.15) is 20.3 Å². The van der Waals surface area contributed by atoms with Gasteiger partial charge in [-0.2, -0.15) is 13.2 Å². The van der Waals surface area contributed by atoms with Gasteiger partial charge in [-0.1, -0.05) is 0 Å². The molecule has 0 amide bonds. The SMILES string of the molecule is CC(C)Nc1cc(N2CCC(N(C)C)(C(F)(F)F)C2)ccn1. The molecule has 0 spiro atoms. The minimum absolute atomic E-state index is 0.0609. The number of halogens is 3. The first-order valence-corrected chi connectivity index (χ1v) is 7.37. The van der Waals surface area contributed by atoms with Gasteiger partial charge in [-0.05, 0) is 40.4 Å². The summed E-state index contributed by atoms with van der Waals surface area (Å²) in [6, 6.07) is 3.78. The van der Waals surface area contributed by atoms with Crippen molar-refractivity contribution in [1.29, 1.82) is 0 Å². The third kappa shape index (κ3) is 3.14. The first-order chi connectivity index (χ1) is 10.2. The zero-order valence-corrected chi connectivity index (χ0v) is 13.4. The smallest absolute Gasteiger partial charge is 0.369 e. The average molecular weight is 316 g/mol. The average Bonchev–Trinajstić information content (AvgIpc) is 2.84. The number of likely N-dealkylation sites (N-methyl/N-ethyl adjacent to an activating group) is 1. The van der Waals surface area contributed by atoms with E-state index in [1.54, 1.807) is 17.2 Å². The number of anilines is 2. The predicted molar refractivity (Wildman–Crippen MR) is 82.3 cm³/mol. The molecule has 1 fully saturated rings. The molecule has 1 N–H and O–H groups in total. The van der Waals surface area contributed by atoms with Crippen molar-refractivity contribution in [2.45, 2.75) is 38.0 Å². The largest absolute Gasteiger partial charge is 0.408 e. The summed E-state index contributed by atoms with van der Waals surface area (Å²) in [7, 11) is 2.99. The molecule has 0 bridgehead atoms. The minimum Gasteiger partial charge on any atom is -0.369 e. The van der Waals surface area contributed by atoms with Crippen molar-refractivity contribution in [2.75, 3.05) is 37.4 Å². The fourth-order valence-electron chi connectivity index (χ4n) is 2.85. The molecule has 1 aliphatic rings. The van der Waals surface area contributed by atoms with Crippen molar-refractivity contribution in [3.05, 3.63) is 18.3 Å². The van der Waals surface area contributed by atoms with Crippen LogP contribution in [0.4, 0.5) is 24.7 Å². The van der Waals surface area contributed by atoms with Crippen molar-refractivity contribution in [3.63, 3.8) is 0 Å². The molecule has 1 aromatic rings. The van der Waals surface area contributed by atoms with Crippen LogP contribution in [-0.4, -0.2) is 54.8 Å². The summed E-state index contributed by atoms with van der Waals surface area (Å²) < 4.78 is 40.5. The van der Waals surface area contributed by atoms with E-state index in [2.05, 4.69) is 10.3 Å². The third-order valence-corrected chi connectivity index (χ3v) is 4.18. The molecule has 7 heteroatoms. The minimum atomic E-state index is -4.25. The Bertz CT molecular complexity index is 516. The van der Waals surface area contributed by atoms with E-state index in [0.717, 1.165) is 5.69 Å². The van der Waals surface area contributed by atoms with Gasteiger partial charge < -0.3 is 10.2 Å². The van der Waals surface area contributed by atoms with Crippen LogP contribution in [0, 0.1) is 0 Å². The van der Waals surface area contributed by atoms with E-state index >= 15 is 0 Å². The van der Waals surface area contributed by atoms with E-state index in [0.29, 0.717) is 12.4 Å². The lowest BCUT2D eigenvalue weighted by molar-refractivity contribution is -0.217. The summed E-state index contributed by atoms with van der Waals surface area (Å²) in [4.78, 5) is 7.27. The summed E-state index contributed by atoms with van der Waals surface area (Å²) in [6.45, 7) is 4.30. The molecule has 22 heavy (non-hydrogen) atoms. The Kier molecular flexibility index (Phi) is 4.56. The van der Waals surface area contributed by atoms with Gasteiger partial charge in [0.05, 0.1) is 0 Å². The van der Waals surface area contributed by atoms with Crippen LogP contribution in [0.25, 0.3) is 0 Å². The number of alkyl halides is 3. The van der Waals surface area contributed by atoms with Crippen LogP contribution < -0.4 is 10.2 Å². The Morgan fingerprint density at radius 3 is 2.55 bits per heavy atom. The van der Waals surface area contributed by atoms with Gasteiger partial charge in [0.1, 0.15) is 11.4 Å². The maximum Gasteiger partial charge on any atom is 0.408 e. The van der Waals surface area contributed by atoms with Gasteiger partial charge in [-0.3, -0.25) is 4.90 Å². The number of nitrogens with one attached hydrogen (secondary N) is 1. The zero-order valence-electron chi connectivity index (χ0n) is 13.4. The fraction of sp³-hybridized carbons (Fsp3) is 0.667. The number of rotatable bonds is 4. The van der Waals surface area contributed by atoms with Gasteiger partial charge in [0.2, 0.25) is 0 Å². The summed E-state index contributed by atoms with van der Waals surface area (Å²) in [6.07, 6.45) is -2.56. The molecule has 0 aromatic carbocycles. The van der Waals surface area contributed by atoms with Gasteiger partial charge in [0, 0.05) is 37.1 Å². The first kappa shape index (κ1) is 16.9. The molecular formula is C15H23F3N4. The van der Waals surface area contributed by atoms with Crippen molar-refractivity contribution < 1.29 is 13.2 Å². The number of nitrogens with zero attached hydrogens (tertiary/aromatic N) is 3. The summed E-state index contributed by atoms with van der Waals surface area (Å²) in [5.74, 6) is 0.682. The van der Waals surface area contributed by atoms with Crippen LogP contribution >= 0.6 is 0 Å². The molecular weight excluding hydrogens is 293 g/mol. The topological polar surface area (TPSA) is 31.4 Å². The highest BCUT2D eigenvalue weighted by Gasteiger charge is 2.59. The maximum absolute atomic E-state index is 13.5. The molecule has 2 rings (SSSR count). The highest BCUT2D eigenvalue weighted by molar-refractivity contribution is 5.55. The summed E-state index contributed by atoms with van der Waals surface area (Å²) in [5, 5.41) is 3.17. The van der Waals surface area contributed by atoms with Gasteiger partial charge in [-0.15, -0.1) is 0 Å². The second-order valence-electron chi connectivity index (χ2n) is 6.29. The number of hydrogen-bond donors (Lipinski definition) is 1. The molecule has 1 unspecified atom stereocenters. The van der Waals surface area contributed by atoms with Crippen LogP contribution in [0.2, 0.25) is 0 Å². The van der Waals surface area contributed by atoms with Gasteiger partial charge >= 0.3 is 6.18 Å². The second-order valence-corrected chi connectivity index (χ2v) is 6.29. The van der Waals surface area contributed by atoms with Crippen LogP contribution in [-0.2, 0) is 0 Å². The zero-order chi connectivity index (χ0) is 16.5. The Hall–Kier alpha value is -1.50. The van der Waals surface area contributed by atoms with E-state index in [-0.39, 0.29) is 19.0 Å². The summed E-state index contributed by atoms with van der Waals surface area (Å²) in [5.41, 5.74) is -1.02. The van der Waals surface area contributed by atoms with Crippen LogP contribution in [0.3, 0.4) is 0 Å². The molecule has 1 aromatic heterocycles. The lowest BCUT2D eigenvalue weighted by Crippen LogP contribution is -2.57. The van der Waals surface area contributed by atoms with Crippen molar-refractivity contribution in [1.82, 2.24) is 9.88 Å². The van der Waals surface area contributed by atoms with Gasteiger partial charge in [0.15, 0.2) is 0 Å². The molecule has 0 aliphatic carbocycles. The standard InChI is InChI=1S/C15H23F3N4/c1-11(2)20-13-9-12(5-7-19-13)22-8-6-14(10-22,21(3)4)15(16,17)18/h5,7,9,11H,6,8,10H2,1-4H3,(H,19,20). The monoisotopic (exact) mass is 316 g/mol. The van der Waals surface area contributed by atoms with E-state index in [9.17, 15) is 13.2 Å². The normalized spacial score (nSPS) is 22.7. The molecule has 4 nitrogen and oxygen atoms in total. The quantitative estimate of drug-likeness (QED) is 0.925. The first-order valence-electron chi connectivity index (χ1n) is 7.37. The summed E-state index contributed by atoms with van der Waals surface area (Å²) >= 11 is 0. The number of pyridine rings is 1. The number of aromatic nitrogens is 1. The van der Waals surface area contributed by atoms with Gasteiger partial charge in [-0.25, -0.2) is 4.98 Å². The van der Waals surface area contributed by atoms with Crippen molar-refractivity contribution in [3.8, 4) is 0 Å². The van der Waals surface area contributed by atoms with E-state index in [1.165, 1.54) is 19.0 Å². The van der Waals surface area contributed by atoms with Crippen LogP contribution in [0.5, 0.6) is 0 Å². The number of hydrogen-bond acceptors (Lipinski definition) is 4. The van der Waals surface area contributed by atoms with Crippen LogP contribution in [0.15, 0.2) is 18.3 Å². The highest BCUT2D eigenvalue weighted by Crippen LogP contribution is 2.42. The molecule has 1 aliphatic heterocycles. The second kappa shape index (κ2) is 5.95. The molecule has 0 saturated carbocycles. The Morgan fingerprint density at radius 1 is 1.36 bits per heavy atom. The lowest BCUT2D eigenvalue weighted by atomic mass is 9.96. The maximum atomic E-state index is 13.5. The Morgan fingerprint density at radius 2 is 2.05 bits per heavy atom.